The molecule has 0 fully saturated rings. The average molecular weight is 495 g/mol. The van der Waals surface area contributed by atoms with Crippen LogP contribution in [0.3, 0.4) is 0 Å². The third kappa shape index (κ3) is 5.78. The summed E-state index contributed by atoms with van der Waals surface area (Å²) in [6, 6.07) is 12.8. The van der Waals surface area contributed by atoms with Crippen molar-refractivity contribution in [1.82, 2.24) is 20.1 Å². The number of hydrogen-bond donors (Lipinski definition) is 1. The van der Waals surface area contributed by atoms with Gasteiger partial charge in [0.25, 0.3) is 5.91 Å². The molecule has 0 bridgehead atoms. The van der Waals surface area contributed by atoms with Crippen LogP contribution < -0.4 is 14.8 Å². The molecular weight excluding hydrogens is 468 g/mol. The Bertz CT molecular complexity index is 1320. The lowest BCUT2D eigenvalue weighted by atomic mass is 10.1. The van der Waals surface area contributed by atoms with E-state index in [9.17, 15) is 9.59 Å². The van der Waals surface area contributed by atoms with Gasteiger partial charge in [0.15, 0.2) is 12.3 Å². The topological polar surface area (TPSA) is 105 Å². The first-order chi connectivity index (χ1) is 17.0. The zero-order valence-corrected chi connectivity index (χ0v) is 20.6. The maximum absolute atomic E-state index is 12.9. The summed E-state index contributed by atoms with van der Waals surface area (Å²) in [6.07, 6.45) is 0. The van der Waals surface area contributed by atoms with Crippen molar-refractivity contribution in [2.45, 2.75) is 13.8 Å². The fourth-order valence-corrected chi connectivity index (χ4v) is 4.26. The van der Waals surface area contributed by atoms with Crippen molar-refractivity contribution in [2.24, 2.45) is 7.05 Å². The molecule has 3 aromatic heterocycles. The molecule has 0 aliphatic rings. The fourth-order valence-electron chi connectivity index (χ4n) is 3.57. The molecule has 4 aromatic rings. The van der Waals surface area contributed by atoms with Crippen LogP contribution in [0.5, 0.6) is 11.5 Å². The van der Waals surface area contributed by atoms with Gasteiger partial charge in [-0.05, 0) is 55.6 Å². The Morgan fingerprint density at radius 3 is 2.54 bits per heavy atom. The summed E-state index contributed by atoms with van der Waals surface area (Å²) in [4.78, 5) is 30.7. The summed E-state index contributed by atoms with van der Waals surface area (Å²) in [6.45, 7) is 4.47. The van der Waals surface area contributed by atoms with Crippen LogP contribution in [0.1, 0.15) is 23.0 Å². The van der Waals surface area contributed by atoms with Crippen molar-refractivity contribution in [3.05, 3.63) is 59.1 Å². The first-order valence-corrected chi connectivity index (χ1v) is 12.0. The Kier molecular flexibility index (Phi) is 7.61. The number of thiophene rings is 1. The van der Waals surface area contributed by atoms with E-state index in [2.05, 4.69) is 15.4 Å². The lowest BCUT2D eigenvalue weighted by Crippen LogP contribution is -2.32. The number of pyridine rings is 1. The molecule has 0 unspecified atom stereocenters. The largest absolute Gasteiger partial charge is 0.494 e. The smallest absolute Gasteiger partial charge is 0.339 e. The van der Waals surface area contributed by atoms with Gasteiger partial charge in [0.05, 0.1) is 40.4 Å². The molecule has 0 radical (unpaired) electrons. The van der Waals surface area contributed by atoms with Gasteiger partial charge in [0.1, 0.15) is 18.1 Å². The number of fused-ring (bicyclic) bond motifs is 1. The Hall–Kier alpha value is -3.92. The second kappa shape index (κ2) is 11.0. The SMILES string of the molecule is CCOc1ccc(OCCNC(=O)COC(=O)c2cc(-c3cccs3)nc3c2c(C)nn3C)cc1. The maximum Gasteiger partial charge on any atom is 0.339 e. The maximum atomic E-state index is 12.9. The molecule has 4 rings (SSSR count). The minimum atomic E-state index is -0.605. The average Bonchev–Trinajstić information content (AvgIpc) is 3.49. The van der Waals surface area contributed by atoms with E-state index >= 15 is 0 Å². The van der Waals surface area contributed by atoms with Crippen molar-refractivity contribution in [3.8, 4) is 22.1 Å². The normalized spacial score (nSPS) is 10.8. The number of carbonyl (C=O) groups is 2. The molecule has 9 nitrogen and oxygen atoms in total. The van der Waals surface area contributed by atoms with Crippen molar-refractivity contribution >= 4 is 34.2 Å². The number of ether oxygens (including phenoxy) is 3. The standard InChI is InChI=1S/C25H26N4O5S/c1-4-32-17-7-9-18(10-8-17)33-12-11-26-22(30)15-34-25(31)19-14-20(21-6-5-13-35-21)27-24-23(19)16(2)28-29(24)3/h5-10,13-14H,4,11-12,15H2,1-3H3,(H,26,30). The van der Waals surface area contributed by atoms with Crippen molar-refractivity contribution in [1.29, 1.82) is 0 Å². The monoisotopic (exact) mass is 494 g/mol. The van der Waals surface area contributed by atoms with Crippen molar-refractivity contribution in [3.63, 3.8) is 0 Å². The molecule has 0 saturated heterocycles. The van der Waals surface area contributed by atoms with Gasteiger partial charge in [-0.1, -0.05) is 6.07 Å². The van der Waals surface area contributed by atoms with E-state index < -0.39 is 18.5 Å². The number of aryl methyl sites for hydroxylation is 2. The zero-order chi connectivity index (χ0) is 24.8. The lowest BCUT2D eigenvalue weighted by Gasteiger charge is -2.10. The van der Waals surface area contributed by atoms with Crippen LogP contribution in [0.25, 0.3) is 21.6 Å². The van der Waals surface area contributed by atoms with Crippen LogP contribution in [0.15, 0.2) is 47.8 Å². The Labute approximate surface area is 206 Å². The number of benzene rings is 1. The summed E-state index contributed by atoms with van der Waals surface area (Å²) < 4.78 is 17.9. The molecule has 0 saturated carbocycles. The highest BCUT2D eigenvalue weighted by atomic mass is 32.1. The molecule has 3 heterocycles. The second-order valence-corrected chi connectivity index (χ2v) is 8.57. The van der Waals surface area contributed by atoms with Crippen molar-refractivity contribution in [2.75, 3.05) is 26.4 Å². The van der Waals surface area contributed by atoms with E-state index in [1.54, 1.807) is 29.9 Å². The lowest BCUT2D eigenvalue weighted by molar-refractivity contribution is -0.124. The van der Waals surface area contributed by atoms with Crippen LogP contribution in [-0.2, 0) is 16.6 Å². The van der Waals surface area contributed by atoms with Crippen LogP contribution in [0.4, 0.5) is 0 Å². The van der Waals surface area contributed by atoms with Gasteiger partial charge in [-0.2, -0.15) is 5.10 Å². The molecule has 1 N–H and O–H groups in total. The third-order valence-electron chi connectivity index (χ3n) is 5.12. The molecule has 0 aliphatic carbocycles. The van der Waals surface area contributed by atoms with Crippen LogP contribution >= 0.6 is 11.3 Å². The van der Waals surface area contributed by atoms with Gasteiger partial charge in [-0.25, -0.2) is 9.78 Å². The highest BCUT2D eigenvalue weighted by molar-refractivity contribution is 7.13. The first-order valence-electron chi connectivity index (χ1n) is 11.1. The quantitative estimate of drug-likeness (QED) is 0.264. The first kappa shape index (κ1) is 24.2. The minimum absolute atomic E-state index is 0.271. The molecule has 182 valence electrons. The van der Waals surface area contributed by atoms with E-state index in [-0.39, 0.29) is 13.2 Å². The number of esters is 1. The summed E-state index contributed by atoms with van der Waals surface area (Å²) in [5.41, 5.74) is 2.22. The number of hydrogen-bond acceptors (Lipinski definition) is 8. The number of nitrogens with one attached hydrogen (secondary N) is 1. The number of aromatic nitrogens is 3. The molecule has 1 aromatic carbocycles. The van der Waals surface area contributed by atoms with Crippen LogP contribution in [-0.4, -0.2) is 53.0 Å². The molecule has 0 aliphatic heterocycles. The van der Waals surface area contributed by atoms with Gasteiger partial charge < -0.3 is 19.5 Å². The number of amides is 1. The van der Waals surface area contributed by atoms with E-state index in [1.165, 1.54) is 11.3 Å². The molecule has 0 atom stereocenters. The van der Waals surface area contributed by atoms with Gasteiger partial charge in [0, 0.05) is 7.05 Å². The number of rotatable bonds is 10. The van der Waals surface area contributed by atoms with Gasteiger partial charge in [-0.3, -0.25) is 9.48 Å². The van der Waals surface area contributed by atoms with Crippen LogP contribution in [0, 0.1) is 6.92 Å². The predicted molar refractivity (Wildman–Crippen MR) is 133 cm³/mol. The van der Waals surface area contributed by atoms with E-state index in [1.807, 2.05) is 43.5 Å². The Balaban J connectivity index is 1.33. The molecule has 10 heteroatoms. The Morgan fingerprint density at radius 1 is 1.11 bits per heavy atom. The van der Waals surface area contributed by atoms with Crippen molar-refractivity contribution < 1.29 is 23.8 Å². The van der Waals surface area contributed by atoms with Crippen LogP contribution in [0.2, 0.25) is 0 Å². The molecular formula is C25H26N4O5S. The highest BCUT2D eigenvalue weighted by Crippen LogP contribution is 2.29. The molecule has 35 heavy (non-hydrogen) atoms. The summed E-state index contributed by atoms with van der Waals surface area (Å²) >= 11 is 1.52. The number of nitrogens with zero attached hydrogens (tertiary/aromatic N) is 3. The fraction of sp³-hybridized carbons (Fsp3) is 0.280. The minimum Gasteiger partial charge on any atom is -0.494 e. The molecule has 1 amide bonds. The van der Waals surface area contributed by atoms with Gasteiger partial charge in [-0.15, -0.1) is 11.3 Å². The Morgan fingerprint density at radius 2 is 1.86 bits per heavy atom. The summed E-state index contributed by atoms with van der Waals surface area (Å²) in [5, 5.41) is 9.63. The number of carbonyl (C=O) groups excluding carboxylic acids is 2. The van der Waals surface area contributed by atoms with Gasteiger partial charge in [0.2, 0.25) is 0 Å². The molecule has 0 spiro atoms. The van der Waals surface area contributed by atoms with E-state index in [4.69, 9.17) is 14.2 Å². The predicted octanol–water partition coefficient (Wildman–Crippen LogP) is 3.76. The van der Waals surface area contributed by atoms with Gasteiger partial charge >= 0.3 is 5.97 Å². The summed E-state index contributed by atoms with van der Waals surface area (Å²) in [7, 11) is 1.78. The summed E-state index contributed by atoms with van der Waals surface area (Å²) in [5.74, 6) is 0.419. The van der Waals surface area contributed by atoms with E-state index in [0.717, 1.165) is 10.6 Å². The zero-order valence-electron chi connectivity index (χ0n) is 19.7. The second-order valence-electron chi connectivity index (χ2n) is 7.62. The highest BCUT2D eigenvalue weighted by Gasteiger charge is 2.21. The third-order valence-corrected chi connectivity index (χ3v) is 6.02. The van der Waals surface area contributed by atoms with E-state index in [0.29, 0.717) is 40.3 Å².